The molecule has 0 aliphatic carbocycles. The molecule has 1 amide bonds. The molecule has 0 saturated carbocycles. The molecule has 1 aliphatic heterocycles. The molecule has 1 saturated heterocycles. The lowest BCUT2D eigenvalue weighted by molar-refractivity contribution is -0.133. The lowest BCUT2D eigenvalue weighted by atomic mass is 9.98. The Bertz CT molecular complexity index is 458. The first-order valence-corrected chi connectivity index (χ1v) is 7.06. The Morgan fingerprint density at radius 2 is 2.26 bits per heavy atom. The van der Waals surface area contributed by atoms with E-state index in [4.69, 9.17) is 0 Å². The van der Waals surface area contributed by atoms with E-state index in [0.29, 0.717) is 6.42 Å². The summed E-state index contributed by atoms with van der Waals surface area (Å²) in [4.78, 5) is 14.6. The topological polar surface area (TPSA) is 32.3 Å². The second-order valence-corrected chi connectivity index (χ2v) is 5.84. The number of aryl methyl sites for hydroxylation is 1. The Kier molecular flexibility index (Phi) is 4.25. The number of likely N-dealkylation sites (tertiary alicyclic amines) is 1. The zero-order chi connectivity index (χ0) is 13.9. The van der Waals surface area contributed by atoms with Gasteiger partial charge in [-0.1, -0.05) is 29.8 Å². The Labute approximate surface area is 116 Å². The van der Waals surface area contributed by atoms with Crippen LogP contribution in [0.2, 0.25) is 0 Å². The first kappa shape index (κ1) is 14.1. The van der Waals surface area contributed by atoms with Gasteiger partial charge >= 0.3 is 0 Å². The van der Waals surface area contributed by atoms with E-state index in [1.807, 2.05) is 19.2 Å². The first-order chi connectivity index (χ1) is 9.05. The Balaban J connectivity index is 2.07. The number of nitrogens with one attached hydrogen (secondary N) is 1. The van der Waals surface area contributed by atoms with Crippen LogP contribution in [-0.4, -0.2) is 36.5 Å². The van der Waals surface area contributed by atoms with Crippen LogP contribution < -0.4 is 5.32 Å². The molecule has 104 valence electrons. The van der Waals surface area contributed by atoms with Gasteiger partial charge in [0.1, 0.15) is 0 Å². The van der Waals surface area contributed by atoms with Gasteiger partial charge in [-0.15, -0.1) is 0 Å². The van der Waals surface area contributed by atoms with Crippen molar-refractivity contribution in [2.24, 2.45) is 0 Å². The minimum atomic E-state index is -0.0182. The number of likely N-dealkylation sites (N-methyl/N-ethyl adjacent to an activating group) is 1. The van der Waals surface area contributed by atoms with Crippen LogP contribution in [0.25, 0.3) is 0 Å². The molecule has 3 nitrogen and oxygen atoms in total. The van der Waals surface area contributed by atoms with Crippen molar-refractivity contribution >= 4 is 5.91 Å². The molecular formula is C16H24N2O. The quantitative estimate of drug-likeness (QED) is 0.899. The second-order valence-electron chi connectivity index (χ2n) is 5.84. The van der Waals surface area contributed by atoms with Crippen LogP contribution in [-0.2, 0) is 11.2 Å². The number of carbonyl (C=O) groups excluding carboxylic acids is 1. The van der Waals surface area contributed by atoms with Crippen molar-refractivity contribution in [1.29, 1.82) is 0 Å². The molecule has 0 spiro atoms. The Morgan fingerprint density at radius 3 is 2.95 bits per heavy atom. The average molecular weight is 260 g/mol. The fraction of sp³-hybridized carbons (Fsp3) is 0.562. The summed E-state index contributed by atoms with van der Waals surface area (Å²) in [6.45, 7) is 6.01. The number of hydrogen-bond donors (Lipinski definition) is 1. The molecule has 1 aliphatic rings. The van der Waals surface area contributed by atoms with Crippen molar-refractivity contribution in [2.75, 3.05) is 20.1 Å². The summed E-state index contributed by atoms with van der Waals surface area (Å²) in [5.41, 5.74) is 2.31. The smallest absolute Gasteiger partial charge is 0.227 e. The monoisotopic (exact) mass is 260 g/mol. The molecule has 3 heteroatoms. The van der Waals surface area contributed by atoms with Gasteiger partial charge in [0.05, 0.1) is 12.0 Å². The molecule has 1 fully saturated rings. The standard InChI is InChI=1S/C16H24N2O/c1-13-6-4-7-14(10-13)11-15(19)18-9-5-8-16(18,2)12-17-3/h4,6-7,10,17H,5,8-9,11-12H2,1-3H3. The first-order valence-electron chi connectivity index (χ1n) is 7.06. The second kappa shape index (κ2) is 5.74. The molecule has 19 heavy (non-hydrogen) atoms. The normalized spacial score (nSPS) is 22.8. The predicted octanol–water partition coefficient (Wildman–Crippen LogP) is 2.14. The van der Waals surface area contributed by atoms with Crippen molar-refractivity contribution in [3.05, 3.63) is 35.4 Å². The van der Waals surface area contributed by atoms with Crippen molar-refractivity contribution in [2.45, 2.75) is 38.6 Å². The van der Waals surface area contributed by atoms with Crippen molar-refractivity contribution in [3.63, 3.8) is 0 Å². The van der Waals surface area contributed by atoms with E-state index in [2.05, 4.69) is 36.2 Å². The minimum absolute atomic E-state index is 0.0182. The van der Waals surface area contributed by atoms with Crippen LogP contribution in [0.15, 0.2) is 24.3 Å². The fourth-order valence-corrected chi connectivity index (χ4v) is 3.11. The maximum atomic E-state index is 12.5. The molecule has 0 bridgehead atoms. The molecule has 0 aromatic heterocycles. The van der Waals surface area contributed by atoms with Crippen molar-refractivity contribution in [1.82, 2.24) is 10.2 Å². The number of rotatable bonds is 4. The summed E-state index contributed by atoms with van der Waals surface area (Å²) in [5.74, 6) is 0.251. The summed E-state index contributed by atoms with van der Waals surface area (Å²) in [5, 5.41) is 3.21. The Morgan fingerprint density at radius 1 is 1.47 bits per heavy atom. The van der Waals surface area contributed by atoms with E-state index in [0.717, 1.165) is 31.5 Å². The van der Waals surface area contributed by atoms with Crippen LogP contribution in [0.3, 0.4) is 0 Å². The molecule has 2 rings (SSSR count). The van der Waals surface area contributed by atoms with Gasteiger partial charge < -0.3 is 10.2 Å². The highest BCUT2D eigenvalue weighted by Crippen LogP contribution is 2.29. The van der Waals surface area contributed by atoms with Gasteiger partial charge in [-0.3, -0.25) is 4.79 Å². The summed E-state index contributed by atoms with van der Waals surface area (Å²) < 4.78 is 0. The van der Waals surface area contributed by atoms with Crippen LogP contribution in [0, 0.1) is 6.92 Å². The lowest BCUT2D eigenvalue weighted by Crippen LogP contribution is -2.51. The zero-order valence-electron chi connectivity index (χ0n) is 12.2. The van der Waals surface area contributed by atoms with Crippen molar-refractivity contribution in [3.8, 4) is 0 Å². The van der Waals surface area contributed by atoms with Gasteiger partial charge in [-0.25, -0.2) is 0 Å². The molecule has 1 atom stereocenters. The summed E-state index contributed by atoms with van der Waals surface area (Å²) >= 11 is 0. The minimum Gasteiger partial charge on any atom is -0.336 e. The van der Waals surface area contributed by atoms with Crippen LogP contribution >= 0.6 is 0 Å². The molecule has 1 heterocycles. The molecule has 1 aromatic rings. The molecule has 0 radical (unpaired) electrons. The SMILES string of the molecule is CNCC1(C)CCCN1C(=O)Cc1cccc(C)c1. The van der Waals surface area contributed by atoms with Gasteiger partial charge in [0.25, 0.3) is 0 Å². The summed E-state index contributed by atoms with van der Waals surface area (Å²) in [6, 6.07) is 8.23. The molecule has 1 aromatic carbocycles. The van der Waals surface area contributed by atoms with Gasteiger partial charge in [0.15, 0.2) is 0 Å². The largest absolute Gasteiger partial charge is 0.336 e. The highest BCUT2D eigenvalue weighted by Gasteiger charge is 2.38. The third kappa shape index (κ3) is 3.16. The maximum Gasteiger partial charge on any atom is 0.227 e. The van der Waals surface area contributed by atoms with Gasteiger partial charge in [0, 0.05) is 13.1 Å². The zero-order valence-corrected chi connectivity index (χ0v) is 12.2. The van der Waals surface area contributed by atoms with E-state index in [9.17, 15) is 4.79 Å². The van der Waals surface area contributed by atoms with Gasteiger partial charge in [-0.2, -0.15) is 0 Å². The molecule has 1 N–H and O–H groups in total. The van der Waals surface area contributed by atoms with E-state index >= 15 is 0 Å². The van der Waals surface area contributed by atoms with E-state index in [-0.39, 0.29) is 11.4 Å². The van der Waals surface area contributed by atoms with Gasteiger partial charge in [-0.05, 0) is 39.3 Å². The summed E-state index contributed by atoms with van der Waals surface area (Å²) in [7, 11) is 1.95. The fourth-order valence-electron chi connectivity index (χ4n) is 3.11. The third-order valence-corrected chi connectivity index (χ3v) is 4.05. The van der Waals surface area contributed by atoms with E-state index < -0.39 is 0 Å². The maximum absolute atomic E-state index is 12.5. The van der Waals surface area contributed by atoms with E-state index in [1.165, 1.54) is 5.56 Å². The summed E-state index contributed by atoms with van der Waals surface area (Å²) in [6.07, 6.45) is 2.71. The number of amides is 1. The van der Waals surface area contributed by atoms with Gasteiger partial charge in [0.2, 0.25) is 5.91 Å². The average Bonchev–Trinajstić information content (AvgIpc) is 2.71. The van der Waals surface area contributed by atoms with Crippen LogP contribution in [0.4, 0.5) is 0 Å². The lowest BCUT2D eigenvalue weighted by Gasteiger charge is -2.35. The number of benzene rings is 1. The highest BCUT2D eigenvalue weighted by molar-refractivity contribution is 5.80. The van der Waals surface area contributed by atoms with Crippen LogP contribution in [0.1, 0.15) is 30.9 Å². The highest BCUT2D eigenvalue weighted by atomic mass is 16.2. The van der Waals surface area contributed by atoms with E-state index in [1.54, 1.807) is 0 Å². The molecular weight excluding hydrogens is 236 g/mol. The third-order valence-electron chi connectivity index (χ3n) is 4.05. The van der Waals surface area contributed by atoms with Crippen molar-refractivity contribution < 1.29 is 4.79 Å². The van der Waals surface area contributed by atoms with Crippen LogP contribution in [0.5, 0.6) is 0 Å². The molecule has 1 unspecified atom stereocenters. The number of hydrogen-bond acceptors (Lipinski definition) is 2. The predicted molar refractivity (Wildman–Crippen MR) is 78.2 cm³/mol. The number of carbonyl (C=O) groups is 1. The Hall–Kier alpha value is -1.35. The number of nitrogens with zero attached hydrogens (tertiary/aromatic N) is 1.